The van der Waals surface area contributed by atoms with Gasteiger partial charge in [-0.2, -0.15) is 0 Å². The maximum atomic E-state index is 13.5. The molecule has 1 unspecified atom stereocenters. The van der Waals surface area contributed by atoms with Crippen LogP contribution in [0, 0.1) is 0 Å². The van der Waals surface area contributed by atoms with Gasteiger partial charge in [-0.15, -0.1) is 11.8 Å². The molecule has 3 fully saturated rings. The van der Waals surface area contributed by atoms with E-state index in [1.54, 1.807) is 11.8 Å². The molecule has 7 heteroatoms. The summed E-state index contributed by atoms with van der Waals surface area (Å²) in [5.41, 5.74) is 1.38. The summed E-state index contributed by atoms with van der Waals surface area (Å²) in [5, 5.41) is 0. The predicted octanol–water partition coefficient (Wildman–Crippen LogP) is 2.88. The van der Waals surface area contributed by atoms with E-state index in [2.05, 4.69) is 35.2 Å². The van der Waals surface area contributed by atoms with Crippen molar-refractivity contribution in [3.8, 4) is 0 Å². The fourth-order valence-corrected chi connectivity index (χ4v) is 6.66. The first kappa shape index (κ1) is 21.7. The van der Waals surface area contributed by atoms with E-state index in [1.165, 1.54) is 5.56 Å². The Kier molecular flexibility index (Phi) is 7.01. The zero-order chi connectivity index (χ0) is 21.0. The third-order valence-corrected chi connectivity index (χ3v) is 8.21. The summed E-state index contributed by atoms with van der Waals surface area (Å²) in [6, 6.07) is 10.2. The first-order chi connectivity index (χ1) is 14.6. The number of carbonyl (C=O) groups excluding carboxylic acids is 2. The van der Waals surface area contributed by atoms with Gasteiger partial charge in [0, 0.05) is 18.8 Å². The molecule has 0 radical (unpaired) electrons. The van der Waals surface area contributed by atoms with Crippen molar-refractivity contribution in [2.24, 2.45) is 0 Å². The second kappa shape index (κ2) is 9.71. The van der Waals surface area contributed by atoms with Crippen LogP contribution in [0.25, 0.3) is 0 Å². The molecular weight excluding hydrogens is 400 g/mol. The molecule has 1 atom stereocenters. The van der Waals surface area contributed by atoms with Crippen molar-refractivity contribution >= 4 is 23.6 Å². The van der Waals surface area contributed by atoms with Crippen LogP contribution in [0.15, 0.2) is 30.3 Å². The van der Waals surface area contributed by atoms with Gasteiger partial charge >= 0.3 is 5.97 Å². The Labute approximate surface area is 183 Å². The Morgan fingerprint density at radius 2 is 1.87 bits per heavy atom. The number of rotatable bonds is 5. The van der Waals surface area contributed by atoms with E-state index in [0.717, 1.165) is 38.8 Å². The lowest BCUT2D eigenvalue weighted by atomic mass is 9.80. The Morgan fingerprint density at radius 3 is 2.53 bits per heavy atom. The molecule has 1 amide bonds. The normalized spacial score (nSPS) is 29.8. The molecule has 0 bridgehead atoms. The number of thioether (sulfide) groups is 1. The minimum Gasteiger partial charge on any atom is -0.464 e. The summed E-state index contributed by atoms with van der Waals surface area (Å²) in [7, 11) is 0. The summed E-state index contributed by atoms with van der Waals surface area (Å²) in [6.45, 7) is 5.36. The lowest BCUT2D eigenvalue weighted by molar-refractivity contribution is -0.157. The number of ether oxygens (including phenoxy) is 2. The van der Waals surface area contributed by atoms with Gasteiger partial charge in [0.25, 0.3) is 0 Å². The van der Waals surface area contributed by atoms with E-state index in [-0.39, 0.29) is 16.7 Å². The Balaban J connectivity index is 1.50. The highest BCUT2D eigenvalue weighted by Crippen LogP contribution is 2.52. The summed E-state index contributed by atoms with van der Waals surface area (Å²) in [5.74, 6) is 0.944. The van der Waals surface area contributed by atoms with E-state index in [4.69, 9.17) is 9.47 Å². The van der Waals surface area contributed by atoms with Gasteiger partial charge in [-0.1, -0.05) is 30.3 Å². The topological polar surface area (TPSA) is 59.1 Å². The minimum absolute atomic E-state index is 0.0538. The average Bonchev–Trinajstić information content (AvgIpc) is 3.14. The van der Waals surface area contributed by atoms with Gasteiger partial charge in [-0.25, -0.2) is 4.79 Å². The second-order valence-electron chi connectivity index (χ2n) is 8.36. The molecule has 30 heavy (non-hydrogen) atoms. The monoisotopic (exact) mass is 432 g/mol. The van der Waals surface area contributed by atoms with Crippen molar-refractivity contribution in [3.63, 3.8) is 0 Å². The molecule has 0 aromatic heterocycles. The number of hydrogen-bond donors (Lipinski definition) is 0. The quantitative estimate of drug-likeness (QED) is 0.667. The van der Waals surface area contributed by atoms with Crippen LogP contribution in [-0.2, 0) is 19.1 Å². The lowest BCUT2D eigenvalue weighted by Crippen LogP contribution is -2.57. The molecule has 6 nitrogen and oxygen atoms in total. The minimum atomic E-state index is -0.475. The Morgan fingerprint density at radius 1 is 1.17 bits per heavy atom. The van der Waals surface area contributed by atoms with Crippen LogP contribution in [0.2, 0.25) is 0 Å². The molecular formula is C23H32N2O4S. The maximum absolute atomic E-state index is 13.5. The zero-order valence-electron chi connectivity index (χ0n) is 17.8. The van der Waals surface area contributed by atoms with Crippen molar-refractivity contribution in [2.75, 3.05) is 45.2 Å². The maximum Gasteiger partial charge on any atom is 0.329 e. The molecule has 2 saturated heterocycles. The molecule has 0 N–H and O–H groups in total. The van der Waals surface area contributed by atoms with Crippen molar-refractivity contribution in [1.82, 2.24) is 9.80 Å². The standard InChI is InChI=1S/C23H32N2O4S/c1-2-29-22(27)20-17-30-23(25(20)21(26)16-24-12-14-28-15-13-24)10-8-19(9-11-23)18-6-4-3-5-7-18/h3-7,19-20H,2,8-17H2,1H3. The van der Waals surface area contributed by atoms with Crippen molar-refractivity contribution in [2.45, 2.75) is 49.4 Å². The number of nitrogens with zero attached hydrogens (tertiary/aromatic N) is 2. The highest BCUT2D eigenvalue weighted by atomic mass is 32.2. The van der Waals surface area contributed by atoms with Gasteiger partial charge in [0.05, 0.1) is 31.2 Å². The van der Waals surface area contributed by atoms with Gasteiger partial charge in [0.2, 0.25) is 5.91 Å². The summed E-state index contributed by atoms with van der Waals surface area (Å²) >= 11 is 1.78. The van der Waals surface area contributed by atoms with Crippen LogP contribution in [0.3, 0.4) is 0 Å². The molecule has 4 rings (SSSR count). The third kappa shape index (κ3) is 4.53. The number of esters is 1. The van der Waals surface area contributed by atoms with E-state index in [0.29, 0.717) is 38.0 Å². The average molecular weight is 433 g/mol. The molecule has 1 saturated carbocycles. The predicted molar refractivity (Wildman–Crippen MR) is 117 cm³/mol. The Hall–Kier alpha value is -1.57. The van der Waals surface area contributed by atoms with E-state index in [9.17, 15) is 9.59 Å². The number of benzene rings is 1. The highest BCUT2D eigenvalue weighted by Gasteiger charge is 2.53. The van der Waals surface area contributed by atoms with Gasteiger partial charge < -0.3 is 14.4 Å². The summed E-state index contributed by atoms with van der Waals surface area (Å²) < 4.78 is 10.8. The molecule has 1 aromatic rings. The molecule has 1 spiro atoms. The molecule has 3 aliphatic rings. The highest BCUT2D eigenvalue weighted by molar-refractivity contribution is 8.01. The molecule has 1 aromatic carbocycles. The molecule has 2 heterocycles. The lowest BCUT2D eigenvalue weighted by Gasteiger charge is -2.45. The SMILES string of the molecule is CCOC(=O)C1CSC2(CCC(c3ccccc3)CC2)N1C(=O)CN1CCOCC1. The number of morpholine rings is 1. The van der Waals surface area contributed by atoms with Crippen molar-refractivity contribution < 1.29 is 19.1 Å². The first-order valence-electron chi connectivity index (χ1n) is 11.1. The number of carbonyl (C=O) groups is 2. The zero-order valence-corrected chi connectivity index (χ0v) is 18.6. The van der Waals surface area contributed by atoms with Crippen LogP contribution >= 0.6 is 11.8 Å². The van der Waals surface area contributed by atoms with Crippen molar-refractivity contribution in [1.29, 1.82) is 0 Å². The summed E-state index contributed by atoms with van der Waals surface area (Å²) in [4.78, 5) is 29.9. The second-order valence-corrected chi connectivity index (χ2v) is 9.74. The summed E-state index contributed by atoms with van der Waals surface area (Å²) in [6.07, 6.45) is 3.91. The van der Waals surface area contributed by atoms with E-state index in [1.807, 2.05) is 11.8 Å². The number of hydrogen-bond acceptors (Lipinski definition) is 6. The fourth-order valence-electron chi connectivity index (χ4n) is 5.01. The fraction of sp³-hybridized carbons (Fsp3) is 0.652. The van der Waals surface area contributed by atoms with Gasteiger partial charge in [0.15, 0.2) is 0 Å². The van der Waals surface area contributed by atoms with Crippen LogP contribution in [-0.4, -0.2) is 77.8 Å². The number of amides is 1. The smallest absolute Gasteiger partial charge is 0.329 e. The molecule has 1 aliphatic carbocycles. The molecule has 164 valence electrons. The first-order valence-corrected chi connectivity index (χ1v) is 12.1. The van der Waals surface area contributed by atoms with Crippen LogP contribution in [0.4, 0.5) is 0 Å². The molecule has 2 aliphatic heterocycles. The van der Waals surface area contributed by atoms with Crippen LogP contribution in [0.5, 0.6) is 0 Å². The van der Waals surface area contributed by atoms with Crippen molar-refractivity contribution in [3.05, 3.63) is 35.9 Å². The van der Waals surface area contributed by atoms with E-state index >= 15 is 0 Å². The van der Waals surface area contributed by atoms with Gasteiger partial charge in [-0.05, 0) is 44.1 Å². The van der Waals surface area contributed by atoms with E-state index < -0.39 is 6.04 Å². The largest absolute Gasteiger partial charge is 0.464 e. The van der Waals surface area contributed by atoms with Crippen LogP contribution in [0.1, 0.15) is 44.1 Å². The van der Waals surface area contributed by atoms with Gasteiger partial charge in [0.1, 0.15) is 6.04 Å². The van der Waals surface area contributed by atoms with Gasteiger partial charge in [-0.3, -0.25) is 9.69 Å². The Bertz CT molecular complexity index is 730. The third-order valence-electron chi connectivity index (χ3n) is 6.59. The van der Waals surface area contributed by atoms with Crippen LogP contribution < -0.4 is 0 Å².